The van der Waals surface area contributed by atoms with Crippen LogP contribution in [0.4, 0.5) is 8.78 Å². The Morgan fingerprint density at radius 1 is 1.33 bits per heavy atom. The minimum absolute atomic E-state index is 0.179. The SMILES string of the molecule is Cc1cc(C(N)C2CCOCC2C)c(F)cc1F. The summed E-state index contributed by atoms with van der Waals surface area (Å²) in [5, 5.41) is 0. The first-order valence-electron chi connectivity index (χ1n) is 6.29. The van der Waals surface area contributed by atoms with Gasteiger partial charge in [-0.25, -0.2) is 8.78 Å². The van der Waals surface area contributed by atoms with E-state index in [4.69, 9.17) is 10.5 Å². The first kappa shape index (κ1) is 13.4. The molecule has 1 aliphatic rings. The number of nitrogens with two attached hydrogens (primary N) is 1. The minimum Gasteiger partial charge on any atom is -0.381 e. The van der Waals surface area contributed by atoms with Crippen LogP contribution < -0.4 is 5.73 Å². The fraction of sp³-hybridized carbons (Fsp3) is 0.571. The van der Waals surface area contributed by atoms with E-state index in [0.717, 1.165) is 12.5 Å². The van der Waals surface area contributed by atoms with Gasteiger partial charge >= 0.3 is 0 Å². The van der Waals surface area contributed by atoms with Crippen molar-refractivity contribution in [3.05, 3.63) is 34.9 Å². The van der Waals surface area contributed by atoms with Gasteiger partial charge in [0.05, 0.1) is 0 Å². The number of hydrogen-bond acceptors (Lipinski definition) is 2. The Kier molecular flexibility index (Phi) is 3.97. The van der Waals surface area contributed by atoms with E-state index in [1.807, 2.05) is 0 Å². The molecule has 2 N–H and O–H groups in total. The van der Waals surface area contributed by atoms with E-state index in [1.165, 1.54) is 6.07 Å². The molecular formula is C14H19F2NO. The van der Waals surface area contributed by atoms with Crippen LogP contribution in [0.1, 0.15) is 30.5 Å². The van der Waals surface area contributed by atoms with E-state index >= 15 is 0 Å². The number of ether oxygens (including phenoxy) is 1. The van der Waals surface area contributed by atoms with Gasteiger partial charge in [-0.3, -0.25) is 0 Å². The molecule has 3 atom stereocenters. The summed E-state index contributed by atoms with van der Waals surface area (Å²) in [5.74, 6) is -0.607. The minimum atomic E-state index is -0.552. The summed E-state index contributed by atoms with van der Waals surface area (Å²) < 4.78 is 32.4. The van der Waals surface area contributed by atoms with Crippen LogP contribution in [-0.2, 0) is 4.74 Å². The third-order valence-corrected chi connectivity index (χ3v) is 3.81. The third-order valence-electron chi connectivity index (χ3n) is 3.81. The van der Waals surface area contributed by atoms with Gasteiger partial charge in [-0.05, 0) is 36.8 Å². The molecule has 3 unspecified atom stereocenters. The Morgan fingerprint density at radius 3 is 2.72 bits per heavy atom. The number of halogens is 2. The van der Waals surface area contributed by atoms with Gasteiger partial charge in [0.2, 0.25) is 0 Å². The Balaban J connectivity index is 2.27. The van der Waals surface area contributed by atoms with Crippen molar-refractivity contribution < 1.29 is 13.5 Å². The molecule has 0 bridgehead atoms. The van der Waals surface area contributed by atoms with Gasteiger partial charge in [0, 0.05) is 30.9 Å². The van der Waals surface area contributed by atoms with Gasteiger partial charge in [0.25, 0.3) is 0 Å². The molecule has 1 fully saturated rings. The van der Waals surface area contributed by atoms with Crippen LogP contribution >= 0.6 is 0 Å². The maximum absolute atomic E-state index is 13.8. The van der Waals surface area contributed by atoms with Gasteiger partial charge in [0.15, 0.2) is 0 Å². The summed E-state index contributed by atoms with van der Waals surface area (Å²) in [7, 11) is 0. The van der Waals surface area contributed by atoms with E-state index in [9.17, 15) is 8.78 Å². The van der Waals surface area contributed by atoms with E-state index < -0.39 is 17.7 Å². The molecule has 2 nitrogen and oxygen atoms in total. The number of aryl methyl sites for hydroxylation is 1. The van der Waals surface area contributed by atoms with Gasteiger partial charge in [0.1, 0.15) is 11.6 Å². The average molecular weight is 255 g/mol. The molecule has 100 valence electrons. The molecule has 1 aromatic rings. The summed E-state index contributed by atoms with van der Waals surface area (Å²) in [6, 6.07) is 2.05. The smallest absolute Gasteiger partial charge is 0.130 e. The first-order chi connectivity index (χ1) is 8.50. The van der Waals surface area contributed by atoms with Crippen LogP contribution in [0, 0.1) is 30.4 Å². The summed E-state index contributed by atoms with van der Waals surface area (Å²) in [6.45, 7) is 4.99. The van der Waals surface area contributed by atoms with Gasteiger partial charge < -0.3 is 10.5 Å². The molecule has 0 saturated carbocycles. The largest absolute Gasteiger partial charge is 0.381 e. The van der Waals surface area contributed by atoms with Crippen molar-refractivity contribution in [2.75, 3.05) is 13.2 Å². The van der Waals surface area contributed by atoms with Crippen molar-refractivity contribution in [3.63, 3.8) is 0 Å². The number of rotatable bonds is 2. The second kappa shape index (κ2) is 5.33. The van der Waals surface area contributed by atoms with Crippen molar-refractivity contribution in [3.8, 4) is 0 Å². The van der Waals surface area contributed by atoms with Crippen LogP contribution in [0.15, 0.2) is 12.1 Å². The van der Waals surface area contributed by atoms with Crippen molar-refractivity contribution in [2.45, 2.75) is 26.3 Å². The number of benzene rings is 1. The average Bonchev–Trinajstić information content (AvgIpc) is 2.33. The zero-order valence-electron chi connectivity index (χ0n) is 10.7. The van der Waals surface area contributed by atoms with E-state index in [1.54, 1.807) is 6.92 Å². The molecule has 0 aromatic heterocycles. The monoisotopic (exact) mass is 255 g/mol. The lowest BCUT2D eigenvalue weighted by Crippen LogP contribution is -2.34. The highest BCUT2D eigenvalue weighted by Gasteiger charge is 2.30. The lowest BCUT2D eigenvalue weighted by Gasteiger charge is -2.33. The van der Waals surface area contributed by atoms with Crippen molar-refractivity contribution in [1.82, 2.24) is 0 Å². The molecule has 1 aliphatic heterocycles. The summed E-state index contributed by atoms with van der Waals surface area (Å²) >= 11 is 0. The fourth-order valence-corrected chi connectivity index (χ4v) is 2.60. The Morgan fingerprint density at radius 2 is 2.06 bits per heavy atom. The molecule has 0 amide bonds. The van der Waals surface area contributed by atoms with Crippen LogP contribution in [-0.4, -0.2) is 13.2 Å². The Hall–Kier alpha value is -1.00. The second-order valence-corrected chi connectivity index (χ2v) is 5.15. The van der Waals surface area contributed by atoms with Crippen molar-refractivity contribution >= 4 is 0 Å². The molecule has 0 aliphatic carbocycles. The molecule has 0 radical (unpaired) electrons. The molecule has 2 rings (SSSR count). The Bertz CT molecular complexity index is 436. The van der Waals surface area contributed by atoms with Crippen LogP contribution in [0.3, 0.4) is 0 Å². The number of hydrogen-bond donors (Lipinski definition) is 1. The molecular weight excluding hydrogens is 236 g/mol. The van der Waals surface area contributed by atoms with Gasteiger partial charge in [-0.2, -0.15) is 0 Å². The van der Waals surface area contributed by atoms with Gasteiger partial charge in [-0.15, -0.1) is 0 Å². The lowest BCUT2D eigenvalue weighted by atomic mass is 9.80. The zero-order chi connectivity index (χ0) is 13.3. The van der Waals surface area contributed by atoms with Crippen LogP contribution in [0.25, 0.3) is 0 Å². The molecule has 1 aromatic carbocycles. The van der Waals surface area contributed by atoms with Crippen LogP contribution in [0.2, 0.25) is 0 Å². The molecule has 4 heteroatoms. The van der Waals surface area contributed by atoms with Crippen molar-refractivity contribution in [1.29, 1.82) is 0 Å². The standard InChI is InChI=1S/C14H19F2NO/c1-8-5-11(13(16)6-12(8)15)14(17)10-3-4-18-7-9(10)2/h5-6,9-10,14H,3-4,7,17H2,1-2H3. The molecule has 18 heavy (non-hydrogen) atoms. The van der Waals surface area contributed by atoms with E-state index in [0.29, 0.717) is 30.3 Å². The first-order valence-corrected chi connectivity index (χ1v) is 6.29. The predicted molar refractivity (Wildman–Crippen MR) is 66.1 cm³/mol. The van der Waals surface area contributed by atoms with Crippen LogP contribution in [0.5, 0.6) is 0 Å². The normalized spacial score (nSPS) is 26.1. The quantitative estimate of drug-likeness (QED) is 0.881. The predicted octanol–water partition coefficient (Wildman–Crippen LogP) is 2.95. The maximum atomic E-state index is 13.8. The lowest BCUT2D eigenvalue weighted by molar-refractivity contribution is 0.0150. The summed E-state index contributed by atoms with van der Waals surface area (Å²) in [5.41, 5.74) is 7.00. The summed E-state index contributed by atoms with van der Waals surface area (Å²) in [4.78, 5) is 0. The highest BCUT2D eigenvalue weighted by Crippen LogP contribution is 2.33. The zero-order valence-corrected chi connectivity index (χ0v) is 10.7. The highest BCUT2D eigenvalue weighted by atomic mass is 19.1. The fourth-order valence-electron chi connectivity index (χ4n) is 2.60. The second-order valence-electron chi connectivity index (χ2n) is 5.15. The molecule has 0 spiro atoms. The molecule has 1 saturated heterocycles. The van der Waals surface area contributed by atoms with E-state index in [-0.39, 0.29) is 5.92 Å². The highest BCUT2D eigenvalue weighted by molar-refractivity contribution is 5.28. The Labute approximate surface area is 106 Å². The third kappa shape index (κ3) is 2.54. The topological polar surface area (TPSA) is 35.2 Å². The summed E-state index contributed by atoms with van der Waals surface area (Å²) in [6.07, 6.45) is 0.818. The van der Waals surface area contributed by atoms with E-state index in [2.05, 4.69) is 6.92 Å². The maximum Gasteiger partial charge on any atom is 0.130 e. The van der Waals surface area contributed by atoms with Crippen molar-refractivity contribution in [2.24, 2.45) is 17.6 Å². The molecule has 1 heterocycles. The van der Waals surface area contributed by atoms with Gasteiger partial charge in [-0.1, -0.05) is 6.92 Å².